The van der Waals surface area contributed by atoms with Gasteiger partial charge in [-0.2, -0.15) is 0 Å². The second-order valence-electron chi connectivity index (χ2n) is 16.6. The van der Waals surface area contributed by atoms with E-state index in [-0.39, 0.29) is 64.0 Å². The summed E-state index contributed by atoms with van der Waals surface area (Å²) in [5.41, 5.74) is 13.4. The monoisotopic (exact) mass is 952 g/mol. The molecule has 0 saturated carbocycles. The van der Waals surface area contributed by atoms with Crippen LogP contribution in [-0.4, -0.2) is 94.8 Å². The standard InChI is InChI=1S/C45H61ClN10O11/c1-27-22-31(57)23-28(2)32(27)25-37(53-40(60)35(54-44(63)67-45(3,4)5)19-13-21-49-42(48)55-56(64)65)41(61)51-34(39(59)52-36(38(47)58)24-29-14-7-6-8-15-29)18-11-12-20-50-43(62)66-26-30-16-9-10-17-33(30)46/h6-10,14-17,22-23,34-37,57H,11-13,18-21,24-26H2,1-5H3,(H2,47,58)(H,50,62)(H,51,61)(H,52,59)(H,53,60)(H,54,63)(H3,48,49,55)/t34-,35+,36-,37-/m0/s1. The van der Waals surface area contributed by atoms with Gasteiger partial charge in [-0.3, -0.25) is 19.2 Å². The molecule has 4 atom stereocenters. The number of carbonyl (C=O) groups is 6. The molecule has 3 aromatic carbocycles. The summed E-state index contributed by atoms with van der Waals surface area (Å²) < 4.78 is 10.7. The van der Waals surface area contributed by atoms with Crippen LogP contribution in [0.25, 0.3) is 0 Å². The van der Waals surface area contributed by atoms with E-state index < -0.39 is 76.6 Å². The highest BCUT2D eigenvalue weighted by Gasteiger charge is 2.32. The fourth-order valence-corrected chi connectivity index (χ4v) is 6.89. The third kappa shape index (κ3) is 20.3. The Morgan fingerprint density at radius 2 is 1.30 bits per heavy atom. The SMILES string of the molecule is Cc1cc(O)cc(C)c1C[C@H](NC(=O)[C@@H](CCCN/C(N)=N\[N+](=O)[O-])NC(=O)OC(C)(C)C)C(=O)N[C@@H](CCCCNC(=O)OCc1ccccc1Cl)C(=O)N[C@@H](Cc1ccccc1)C(N)=O. The third-order valence-corrected chi connectivity index (χ3v) is 10.3. The normalized spacial score (nSPS) is 13.1. The number of halogens is 1. The van der Waals surface area contributed by atoms with E-state index in [9.17, 15) is 44.0 Å². The molecule has 11 N–H and O–H groups in total. The zero-order valence-corrected chi connectivity index (χ0v) is 38.9. The number of hydrogen-bond donors (Lipinski definition) is 9. The van der Waals surface area contributed by atoms with E-state index in [4.69, 9.17) is 32.5 Å². The average molecular weight is 953 g/mol. The number of hydrazone groups is 1. The number of phenolic OH excluding ortho intramolecular Hbond substituents is 1. The maximum absolute atomic E-state index is 14.5. The number of nitrogens with two attached hydrogens (primary N) is 2. The van der Waals surface area contributed by atoms with Crippen molar-refractivity contribution < 1.29 is 48.4 Å². The van der Waals surface area contributed by atoms with Gasteiger partial charge in [-0.1, -0.05) is 60.1 Å². The molecule has 0 heterocycles. The predicted octanol–water partition coefficient (Wildman–Crippen LogP) is 3.25. The molecule has 0 aromatic heterocycles. The summed E-state index contributed by atoms with van der Waals surface area (Å²) in [4.78, 5) is 91.5. The minimum atomic E-state index is -1.40. The zero-order valence-electron chi connectivity index (χ0n) is 38.2. The minimum Gasteiger partial charge on any atom is -0.508 e. The summed E-state index contributed by atoms with van der Waals surface area (Å²) in [7, 11) is 0. The topological polar surface area (TPSA) is 321 Å². The lowest BCUT2D eigenvalue weighted by Gasteiger charge is -2.28. The Labute approximate surface area is 393 Å². The quantitative estimate of drug-likeness (QED) is 0.0205. The lowest BCUT2D eigenvalue weighted by Crippen LogP contribution is -2.59. The van der Waals surface area contributed by atoms with Crippen molar-refractivity contribution in [2.24, 2.45) is 16.6 Å². The number of nitrogens with one attached hydrogen (secondary N) is 6. The molecule has 0 saturated heterocycles. The maximum Gasteiger partial charge on any atom is 0.408 e. The molecule has 22 heteroatoms. The van der Waals surface area contributed by atoms with Crippen molar-refractivity contribution in [1.29, 1.82) is 0 Å². The number of guanidine groups is 1. The van der Waals surface area contributed by atoms with Gasteiger partial charge >= 0.3 is 12.2 Å². The summed E-state index contributed by atoms with van der Waals surface area (Å²) in [6.45, 7) is 8.37. The number of nitrogens with zero attached hydrogens (tertiary/aromatic N) is 2. The van der Waals surface area contributed by atoms with E-state index in [1.807, 2.05) is 0 Å². The Balaban J connectivity index is 1.90. The number of aryl methyl sites for hydroxylation is 2. The number of unbranched alkanes of at least 4 members (excludes halogenated alkanes) is 1. The van der Waals surface area contributed by atoms with Crippen LogP contribution in [0.15, 0.2) is 71.8 Å². The van der Waals surface area contributed by atoms with E-state index in [1.165, 1.54) is 12.1 Å². The fourth-order valence-electron chi connectivity index (χ4n) is 6.70. The first kappa shape index (κ1) is 54.2. The highest BCUT2D eigenvalue weighted by Crippen LogP contribution is 2.23. The number of benzene rings is 3. The molecule has 0 unspecified atom stereocenters. The zero-order chi connectivity index (χ0) is 49.7. The maximum atomic E-state index is 14.5. The van der Waals surface area contributed by atoms with Crippen LogP contribution >= 0.6 is 11.6 Å². The van der Waals surface area contributed by atoms with Gasteiger partial charge < -0.3 is 57.9 Å². The first-order valence-electron chi connectivity index (χ1n) is 21.5. The first-order valence-corrected chi connectivity index (χ1v) is 21.9. The molecule has 0 radical (unpaired) electrons. The van der Waals surface area contributed by atoms with Crippen LogP contribution in [0, 0.1) is 24.0 Å². The van der Waals surface area contributed by atoms with Gasteiger partial charge in [-0.25, -0.2) is 19.7 Å². The third-order valence-electron chi connectivity index (χ3n) is 9.98. The van der Waals surface area contributed by atoms with Crippen molar-refractivity contribution >= 4 is 53.4 Å². The Bertz CT molecular complexity index is 2200. The molecule has 0 fully saturated rings. The highest BCUT2D eigenvalue weighted by atomic mass is 35.5. The average Bonchev–Trinajstić information content (AvgIpc) is 3.23. The van der Waals surface area contributed by atoms with Crippen LogP contribution in [0.2, 0.25) is 5.02 Å². The van der Waals surface area contributed by atoms with Crippen LogP contribution < -0.4 is 43.4 Å². The number of hydrogen-bond acceptors (Lipinski definition) is 11. The molecule has 0 bridgehead atoms. The molecule has 364 valence electrons. The van der Waals surface area contributed by atoms with Crippen molar-refractivity contribution in [3.8, 4) is 5.75 Å². The van der Waals surface area contributed by atoms with E-state index >= 15 is 0 Å². The smallest absolute Gasteiger partial charge is 0.408 e. The van der Waals surface area contributed by atoms with E-state index in [2.05, 4.69) is 37.0 Å². The molecule has 67 heavy (non-hydrogen) atoms. The number of alkyl carbamates (subject to hydrolysis) is 2. The molecule has 0 spiro atoms. The van der Waals surface area contributed by atoms with E-state index in [0.717, 1.165) is 0 Å². The lowest BCUT2D eigenvalue weighted by atomic mass is 9.95. The number of amides is 6. The second kappa shape index (κ2) is 26.7. The number of phenols is 1. The lowest BCUT2D eigenvalue weighted by molar-refractivity contribution is -0.485. The molecule has 6 amide bonds. The number of nitro groups is 1. The van der Waals surface area contributed by atoms with Crippen molar-refractivity contribution in [2.75, 3.05) is 13.1 Å². The van der Waals surface area contributed by atoms with Crippen molar-refractivity contribution in [3.63, 3.8) is 0 Å². The summed E-state index contributed by atoms with van der Waals surface area (Å²) in [6, 6.07) is 13.5. The van der Waals surface area contributed by atoms with Gasteiger partial charge in [0, 0.05) is 36.5 Å². The largest absolute Gasteiger partial charge is 0.508 e. The summed E-state index contributed by atoms with van der Waals surface area (Å²) >= 11 is 6.16. The predicted molar refractivity (Wildman–Crippen MR) is 249 cm³/mol. The molecule has 0 aliphatic rings. The molecular weight excluding hydrogens is 892 g/mol. The van der Waals surface area contributed by atoms with Gasteiger partial charge in [-0.05, 0) is 107 Å². The van der Waals surface area contributed by atoms with Gasteiger partial charge in [-0.15, -0.1) is 0 Å². The van der Waals surface area contributed by atoms with Crippen molar-refractivity contribution in [2.45, 2.75) is 116 Å². The number of carbonyl (C=O) groups excluding carboxylic acids is 6. The molecule has 0 aliphatic carbocycles. The molecule has 3 rings (SSSR count). The van der Waals surface area contributed by atoms with Crippen LogP contribution in [-0.2, 0) is 48.1 Å². The van der Waals surface area contributed by atoms with Crippen LogP contribution in [0.4, 0.5) is 9.59 Å². The Kier molecular flexibility index (Phi) is 21.6. The minimum absolute atomic E-state index is 0.00137. The molecular formula is C45H61ClN10O11. The highest BCUT2D eigenvalue weighted by molar-refractivity contribution is 6.31. The van der Waals surface area contributed by atoms with Crippen LogP contribution in [0.3, 0.4) is 0 Å². The fraction of sp³-hybridized carbons (Fsp3) is 0.444. The van der Waals surface area contributed by atoms with Gasteiger partial charge in [0.2, 0.25) is 23.6 Å². The van der Waals surface area contributed by atoms with Crippen molar-refractivity contribution in [3.05, 3.63) is 110 Å². The Hall–Kier alpha value is -7.16. The number of aromatic hydroxyl groups is 1. The summed E-state index contributed by atoms with van der Waals surface area (Å²) in [5, 5.41) is 39.2. The van der Waals surface area contributed by atoms with Gasteiger partial charge in [0.1, 0.15) is 47.2 Å². The number of ether oxygens (including phenoxy) is 2. The Morgan fingerprint density at radius 1 is 0.746 bits per heavy atom. The van der Waals surface area contributed by atoms with E-state index in [0.29, 0.717) is 39.3 Å². The number of rotatable bonds is 24. The van der Waals surface area contributed by atoms with Crippen LogP contribution in [0.1, 0.15) is 80.7 Å². The first-order chi connectivity index (χ1) is 31.6. The molecule has 0 aliphatic heterocycles. The van der Waals surface area contributed by atoms with Gasteiger partial charge in [0.05, 0.1) is 0 Å². The Morgan fingerprint density at radius 3 is 1.91 bits per heavy atom. The van der Waals surface area contributed by atoms with Gasteiger partial charge in [0.15, 0.2) is 5.03 Å². The molecule has 3 aromatic rings. The second-order valence-corrected chi connectivity index (χ2v) is 17.0. The summed E-state index contributed by atoms with van der Waals surface area (Å²) in [6.07, 6.45) is -1.09. The van der Waals surface area contributed by atoms with E-state index in [1.54, 1.807) is 89.2 Å². The summed E-state index contributed by atoms with van der Waals surface area (Å²) in [5.74, 6) is -3.72. The van der Waals surface area contributed by atoms with Gasteiger partial charge in [0.25, 0.3) is 5.96 Å². The van der Waals surface area contributed by atoms with Crippen molar-refractivity contribution in [1.82, 2.24) is 31.9 Å². The molecule has 21 nitrogen and oxygen atoms in total. The number of primary amides is 1. The van der Waals surface area contributed by atoms with Crippen LogP contribution in [0.5, 0.6) is 5.75 Å².